The normalized spacial score (nSPS) is 11.8. The van der Waals surface area contributed by atoms with Crippen LogP contribution in [0, 0.1) is 0 Å². The first-order valence-corrected chi connectivity index (χ1v) is 13.0. The van der Waals surface area contributed by atoms with E-state index in [0.717, 1.165) is 32.9 Å². The lowest BCUT2D eigenvalue weighted by Crippen LogP contribution is -2.07. The molecule has 0 saturated carbocycles. The first-order chi connectivity index (χ1) is 18.5. The molecule has 0 aliphatic heterocycles. The third-order valence-corrected chi connectivity index (χ3v) is 7.46. The van der Waals surface area contributed by atoms with E-state index in [1.54, 1.807) is 13.4 Å². The third kappa shape index (κ3) is 5.32. The molecule has 7 nitrogen and oxygen atoms in total. The van der Waals surface area contributed by atoms with Gasteiger partial charge in [0.25, 0.3) is 0 Å². The molecule has 0 bridgehead atoms. The standard InChI is InChI=1S/C29H25ClN2O5S/c1-18(22-6-4-5-7-23(22)30)37-26-15-27(38-28(26)29(33)35-3)32-17-31-24-13-12-21(14-25(24)32)36-16-19-8-10-20(34-2)11-9-19/h4-15,17-18H,16H2,1-3H3. The molecule has 1 unspecified atom stereocenters. The number of imidazole rings is 1. The van der Waals surface area contributed by atoms with Gasteiger partial charge >= 0.3 is 5.97 Å². The Morgan fingerprint density at radius 2 is 1.79 bits per heavy atom. The molecule has 194 valence electrons. The van der Waals surface area contributed by atoms with E-state index in [2.05, 4.69) is 4.98 Å². The molecule has 1 atom stereocenters. The summed E-state index contributed by atoms with van der Waals surface area (Å²) in [6, 6.07) is 22.7. The van der Waals surface area contributed by atoms with E-state index in [9.17, 15) is 4.79 Å². The van der Waals surface area contributed by atoms with E-state index >= 15 is 0 Å². The van der Waals surface area contributed by atoms with Crippen molar-refractivity contribution in [1.29, 1.82) is 0 Å². The van der Waals surface area contributed by atoms with Crippen LogP contribution in [0.2, 0.25) is 5.02 Å². The predicted octanol–water partition coefficient (Wildman–Crippen LogP) is 7.25. The van der Waals surface area contributed by atoms with Gasteiger partial charge in [-0.05, 0) is 42.8 Å². The molecule has 2 aromatic heterocycles. The lowest BCUT2D eigenvalue weighted by Gasteiger charge is -2.16. The van der Waals surface area contributed by atoms with Gasteiger partial charge in [0, 0.05) is 22.7 Å². The van der Waals surface area contributed by atoms with Crippen LogP contribution in [0.5, 0.6) is 17.2 Å². The zero-order valence-electron chi connectivity index (χ0n) is 21.0. The van der Waals surface area contributed by atoms with Gasteiger partial charge in [-0.2, -0.15) is 0 Å². The lowest BCUT2D eigenvalue weighted by molar-refractivity contribution is 0.0600. The van der Waals surface area contributed by atoms with Crippen LogP contribution in [0.4, 0.5) is 0 Å². The van der Waals surface area contributed by atoms with Gasteiger partial charge in [0.05, 0.1) is 25.3 Å². The summed E-state index contributed by atoms with van der Waals surface area (Å²) in [4.78, 5) is 17.5. The van der Waals surface area contributed by atoms with Crippen LogP contribution in [0.15, 0.2) is 79.1 Å². The molecular weight excluding hydrogens is 524 g/mol. The largest absolute Gasteiger partial charge is 0.497 e. The molecule has 0 saturated heterocycles. The molecule has 5 rings (SSSR count). The van der Waals surface area contributed by atoms with Crippen molar-refractivity contribution >= 4 is 39.9 Å². The van der Waals surface area contributed by atoms with Crippen molar-refractivity contribution < 1.29 is 23.7 Å². The van der Waals surface area contributed by atoms with Crippen LogP contribution in [0.1, 0.15) is 33.8 Å². The number of benzene rings is 3. The minimum absolute atomic E-state index is 0.357. The molecule has 38 heavy (non-hydrogen) atoms. The van der Waals surface area contributed by atoms with Gasteiger partial charge in [-0.15, -0.1) is 11.3 Å². The molecule has 0 spiro atoms. The van der Waals surface area contributed by atoms with Crippen LogP contribution >= 0.6 is 22.9 Å². The second kappa shape index (κ2) is 11.2. The number of hydrogen-bond acceptors (Lipinski definition) is 7. The Morgan fingerprint density at radius 3 is 2.53 bits per heavy atom. The van der Waals surface area contributed by atoms with E-state index in [1.807, 2.05) is 84.3 Å². The maximum atomic E-state index is 12.6. The van der Waals surface area contributed by atoms with Crippen molar-refractivity contribution in [3.8, 4) is 22.2 Å². The van der Waals surface area contributed by atoms with Crippen molar-refractivity contribution in [2.45, 2.75) is 19.6 Å². The Balaban J connectivity index is 1.43. The van der Waals surface area contributed by atoms with E-state index in [1.165, 1.54) is 18.4 Å². The molecule has 9 heteroatoms. The quantitative estimate of drug-likeness (QED) is 0.181. The number of esters is 1. The summed E-state index contributed by atoms with van der Waals surface area (Å²) in [7, 11) is 2.99. The molecule has 0 radical (unpaired) electrons. The maximum Gasteiger partial charge on any atom is 0.351 e. The van der Waals surface area contributed by atoms with Crippen molar-refractivity contribution in [3.63, 3.8) is 0 Å². The average Bonchev–Trinajstić information content (AvgIpc) is 3.55. The molecule has 3 aromatic carbocycles. The highest BCUT2D eigenvalue weighted by molar-refractivity contribution is 7.16. The molecule has 0 fully saturated rings. The zero-order chi connectivity index (χ0) is 26.6. The second-order valence-corrected chi connectivity index (χ2v) is 9.89. The molecule has 0 amide bonds. The zero-order valence-corrected chi connectivity index (χ0v) is 22.6. The SMILES string of the molecule is COC(=O)c1sc(-n2cnc3ccc(OCc4ccc(OC)cc4)cc32)cc1OC(C)c1ccccc1Cl. The van der Waals surface area contributed by atoms with Gasteiger partial charge in [-0.25, -0.2) is 9.78 Å². The smallest absolute Gasteiger partial charge is 0.351 e. The number of aromatic nitrogens is 2. The van der Waals surface area contributed by atoms with Crippen molar-refractivity contribution in [3.05, 3.63) is 100 Å². The summed E-state index contributed by atoms with van der Waals surface area (Å²) in [5.41, 5.74) is 3.47. The fourth-order valence-corrected chi connectivity index (χ4v) is 5.29. The highest BCUT2D eigenvalue weighted by Crippen LogP contribution is 2.38. The van der Waals surface area contributed by atoms with Gasteiger partial charge in [-0.3, -0.25) is 4.57 Å². The summed E-state index contributed by atoms with van der Waals surface area (Å²) in [6.45, 7) is 2.30. The number of fused-ring (bicyclic) bond motifs is 1. The Bertz CT molecular complexity index is 1580. The van der Waals surface area contributed by atoms with Crippen LogP contribution in [0.25, 0.3) is 16.0 Å². The molecule has 0 aliphatic carbocycles. The lowest BCUT2D eigenvalue weighted by atomic mass is 10.1. The number of carbonyl (C=O) groups is 1. The van der Waals surface area contributed by atoms with E-state index in [-0.39, 0.29) is 6.10 Å². The summed E-state index contributed by atoms with van der Waals surface area (Å²) >= 11 is 7.62. The minimum atomic E-state index is -0.476. The monoisotopic (exact) mass is 548 g/mol. The highest BCUT2D eigenvalue weighted by atomic mass is 35.5. The van der Waals surface area contributed by atoms with E-state index in [0.29, 0.717) is 28.0 Å². The number of carbonyl (C=O) groups excluding carboxylic acids is 1. The number of nitrogens with zero attached hydrogens (tertiary/aromatic N) is 2. The second-order valence-electron chi connectivity index (χ2n) is 8.45. The minimum Gasteiger partial charge on any atom is -0.497 e. The van der Waals surface area contributed by atoms with Gasteiger partial charge in [-0.1, -0.05) is 41.9 Å². The average molecular weight is 549 g/mol. The Kier molecular flexibility index (Phi) is 7.53. The molecule has 5 aromatic rings. The van der Waals surface area contributed by atoms with Gasteiger partial charge < -0.3 is 18.9 Å². The van der Waals surface area contributed by atoms with Gasteiger partial charge in [0.2, 0.25) is 0 Å². The third-order valence-electron chi connectivity index (χ3n) is 6.02. The highest BCUT2D eigenvalue weighted by Gasteiger charge is 2.23. The van der Waals surface area contributed by atoms with E-state index in [4.69, 9.17) is 30.5 Å². The fraction of sp³-hybridized carbons (Fsp3) is 0.172. The predicted molar refractivity (Wildman–Crippen MR) is 148 cm³/mol. The first-order valence-electron chi connectivity index (χ1n) is 11.8. The summed E-state index contributed by atoms with van der Waals surface area (Å²) < 4.78 is 24.4. The molecular formula is C29H25ClN2O5S. The van der Waals surface area contributed by atoms with Crippen LogP contribution in [-0.4, -0.2) is 29.7 Å². The van der Waals surface area contributed by atoms with Crippen molar-refractivity contribution in [2.24, 2.45) is 0 Å². The maximum absolute atomic E-state index is 12.6. The number of rotatable bonds is 9. The molecule has 0 N–H and O–H groups in total. The number of hydrogen-bond donors (Lipinski definition) is 0. The fourth-order valence-electron chi connectivity index (χ4n) is 4.00. The summed E-state index contributed by atoms with van der Waals surface area (Å²) in [5, 5.41) is 1.35. The summed E-state index contributed by atoms with van der Waals surface area (Å²) in [5.74, 6) is 1.43. The number of methoxy groups -OCH3 is 2. The van der Waals surface area contributed by atoms with Gasteiger partial charge in [0.15, 0.2) is 4.88 Å². The Hall–Kier alpha value is -4.01. The number of thiophene rings is 1. The number of halogens is 1. The van der Waals surface area contributed by atoms with Crippen molar-refractivity contribution in [2.75, 3.05) is 14.2 Å². The van der Waals surface area contributed by atoms with Crippen molar-refractivity contribution in [1.82, 2.24) is 9.55 Å². The van der Waals surface area contributed by atoms with E-state index < -0.39 is 5.97 Å². The summed E-state index contributed by atoms with van der Waals surface area (Å²) in [6.07, 6.45) is 1.33. The van der Waals surface area contributed by atoms with Crippen LogP contribution in [0.3, 0.4) is 0 Å². The van der Waals surface area contributed by atoms with Gasteiger partial charge in [0.1, 0.15) is 41.3 Å². The molecule has 2 heterocycles. The van der Waals surface area contributed by atoms with Crippen LogP contribution in [-0.2, 0) is 11.3 Å². The molecule has 0 aliphatic rings. The Labute approximate surface area is 229 Å². The Morgan fingerprint density at radius 1 is 1.03 bits per heavy atom. The first kappa shape index (κ1) is 25.6. The number of ether oxygens (including phenoxy) is 4. The topological polar surface area (TPSA) is 71.8 Å². The van der Waals surface area contributed by atoms with Crippen LogP contribution < -0.4 is 14.2 Å².